The number of nitrogens with zero attached hydrogens (tertiary/aromatic N) is 4. The summed E-state index contributed by atoms with van der Waals surface area (Å²) in [6, 6.07) is 1.71. The van der Waals surface area contributed by atoms with Crippen molar-refractivity contribution >= 4 is 5.91 Å². The maximum absolute atomic E-state index is 12.5. The van der Waals surface area contributed by atoms with Gasteiger partial charge in [0.2, 0.25) is 5.88 Å². The van der Waals surface area contributed by atoms with Gasteiger partial charge in [0.25, 0.3) is 5.91 Å². The third kappa shape index (κ3) is 2.72. The van der Waals surface area contributed by atoms with E-state index in [2.05, 4.69) is 15.1 Å². The van der Waals surface area contributed by atoms with Gasteiger partial charge in [0.15, 0.2) is 0 Å². The molecule has 7 heteroatoms. The lowest BCUT2D eigenvalue weighted by Crippen LogP contribution is -2.31. The number of aryl methyl sites for hydroxylation is 2. The van der Waals surface area contributed by atoms with Gasteiger partial charge in [-0.15, -0.1) is 0 Å². The molecule has 21 heavy (non-hydrogen) atoms. The quantitative estimate of drug-likeness (QED) is 0.848. The third-order valence-electron chi connectivity index (χ3n) is 3.52. The maximum atomic E-state index is 12.5. The van der Waals surface area contributed by atoms with Crippen LogP contribution in [0.25, 0.3) is 0 Å². The number of hydrogen-bond donors (Lipinski definition) is 0. The topological polar surface area (TPSA) is 81.4 Å². The Labute approximate surface area is 121 Å². The predicted molar refractivity (Wildman–Crippen MR) is 72.9 cm³/mol. The summed E-state index contributed by atoms with van der Waals surface area (Å²) >= 11 is 0. The summed E-state index contributed by atoms with van der Waals surface area (Å²) in [5, 5.41) is 3.82. The fourth-order valence-electron chi connectivity index (χ4n) is 2.47. The number of hydrogen-bond acceptors (Lipinski definition) is 6. The van der Waals surface area contributed by atoms with Crippen LogP contribution >= 0.6 is 0 Å². The van der Waals surface area contributed by atoms with Crippen LogP contribution in [0, 0.1) is 13.8 Å². The van der Waals surface area contributed by atoms with E-state index in [0.29, 0.717) is 36.0 Å². The highest BCUT2D eigenvalue weighted by molar-refractivity contribution is 5.96. The van der Waals surface area contributed by atoms with Gasteiger partial charge in [-0.2, -0.15) is 0 Å². The highest BCUT2D eigenvalue weighted by atomic mass is 16.5. The number of aromatic nitrogens is 3. The molecule has 1 amide bonds. The van der Waals surface area contributed by atoms with E-state index < -0.39 is 0 Å². The molecule has 1 fully saturated rings. The SMILES string of the molecule is Cc1noc(C)c1C(=O)N1CCC(Oc2ccncn2)C1. The number of rotatable bonds is 3. The van der Waals surface area contributed by atoms with Crippen LogP contribution in [-0.4, -0.2) is 45.1 Å². The van der Waals surface area contributed by atoms with Crippen molar-refractivity contribution < 1.29 is 14.1 Å². The fraction of sp³-hybridized carbons (Fsp3) is 0.429. The summed E-state index contributed by atoms with van der Waals surface area (Å²) in [7, 11) is 0. The van der Waals surface area contributed by atoms with Gasteiger partial charge in [-0.1, -0.05) is 5.16 Å². The Bertz CT molecular complexity index is 621. The van der Waals surface area contributed by atoms with Crippen molar-refractivity contribution in [2.24, 2.45) is 0 Å². The standard InChI is InChI=1S/C14H16N4O3/c1-9-13(10(2)21-17-9)14(19)18-6-4-11(7-18)20-12-3-5-15-8-16-12/h3,5,8,11H,4,6-7H2,1-2H3. The first kappa shape index (κ1) is 13.5. The lowest BCUT2D eigenvalue weighted by molar-refractivity contribution is 0.0768. The minimum Gasteiger partial charge on any atom is -0.472 e. The van der Waals surface area contributed by atoms with Gasteiger partial charge >= 0.3 is 0 Å². The zero-order valence-electron chi connectivity index (χ0n) is 11.9. The second-order valence-electron chi connectivity index (χ2n) is 5.03. The van der Waals surface area contributed by atoms with E-state index in [1.165, 1.54) is 6.33 Å². The van der Waals surface area contributed by atoms with E-state index in [9.17, 15) is 4.79 Å². The van der Waals surface area contributed by atoms with Crippen molar-refractivity contribution in [3.8, 4) is 5.88 Å². The van der Waals surface area contributed by atoms with Gasteiger partial charge < -0.3 is 14.2 Å². The summed E-state index contributed by atoms with van der Waals surface area (Å²) < 4.78 is 10.8. The summed E-state index contributed by atoms with van der Waals surface area (Å²) in [4.78, 5) is 22.1. The molecular formula is C14H16N4O3. The van der Waals surface area contributed by atoms with E-state index in [4.69, 9.17) is 9.26 Å². The number of ether oxygens (including phenoxy) is 1. The Kier molecular flexibility index (Phi) is 3.55. The normalized spacial score (nSPS) is 18.0. The first-order valence-corrected chi connectivity index (χ1v) is 6.80. The molecule has 0 aliphatic carbocycles. The number of likely N-dealkylation sites (tertiary alicyclic amines) is 1. The Morgan fingerprint density at radius 2 is 2.33 bits per heavy atom. The molecular weight excluding hydrogens is 272 g/mol. The van der Waals surface area contributed by atoms with Gasteiger partial charge in [-0.25, -0.2) is 9.97 Å². The van der Waals surface area contributed by atoms with Gasteiger partial charge in [0, 0.05) is 25.2 Å². The average Bonchev–Trinajstić information content (AvgIpc) is 3.07. The summed E-state index contributed by atoms with van der Waals surface area (Å²) in [5.74, 6) is 1.03. The van der Waals surface area contributed by atoms with Gasteiger partial charge in [0.1, 0.15) is 23.8 Å². The maximum Gasteiger partial charge on any atom is 0.259 e. The minimum atomic E-state index is -0.0555. The van der Waals surface area contributed by atoms with Crippen molar-refractivity contribution in [1.29, 1.82) is 0 Å². The zero-order chi connectivity index (χ0) is 14.8. The molecule has 0 bridgehead atoms. The number of amides is 1. The Balaban J connectivity index is 1.66. The lowest BCUT2D eigenvalue weighted by Gasteiger charge is -2.16. The van der Waals surface area contributed by atoms with E-state index in [1.807, 2.05) is 0 Å². The van der Waals surface area contributed by atoms with E-state index in [1.54, 1.807) is 31.0 Å². The van der Waals surface area contributed by atoms with Crippen LogP contribution in [-0.2, 0) is 0 Å². The first-order chi connectivity index (χ1) is 10.1. The molecule has 1 saturated heterocycles. The number of carbonyl (C=O) groups excluding carboxylic acids is 1. The Morgan fingerprint density at radius 1 is 1.48 bits per heavy atom. The van der Waals surface area contributed by atoms with Crippen molar-refractivity contribution in [3.63, 3.8) is 0 Å². The molecule has 7 nitrogen and oxygen atoms in total. The van der Waals surface area contributed by atoms with E-state index in [-0.39, 0.29) is 12.0 Å². The summed E-state index contributed by atoms with van der Waals surface area (Å²) in [6.07, 6.45) is 3.80. The van der Waals surface area contributed by atoms with Crippen LogP contribution in [0.1, 0.15) is 28.2 Å². The molecule has 0 N–H and O–H groups in total. The first-order valence-electron chi connectivity index (χ1n) is 6.80. The zero-order valence-corrected chi connectivity index (χ0v) is 11.9. The predicted octanol–water partition coefficient (Wildman–Crippen LogP) is 1.37. The molecule has 110 valence electrons. The van der Waals surface area contributed by atoms with Gasteiger partial charge in [-0.3, -0.25) is 4.79 Å². The van der Waals surface area contributed by atoms with E-state index in [0.717, 1.165) is 6.42 Å². The molecule has 1 unspecified atom stereocenters. The molecule has 1 aliphatic rings. The third-order valence-corrected chi connectivity index (χ3v) is 3.52. The van der Waals surface area contributed by atoms with Gasteiger partial charge in [-0.05, 0) is 13.8 Å². The summed E-state index contributed by atoms with van der Waals surface area (Å²) in [5.41, 5.74) is 1.18. The van der Waals surface area contributed by atoms with Crippen LogP contribution in [0.5, 0.6) is 5.88 Å². The average molecular weight is 288 g/mol. The van der Waals surface area contributed by atoms with Crippen LogP contribution < -0.4 is 4.74 Å². The van der Waals surface area contributed by atoms with E-state index >= 15 is 0 Å². The molecule has 3 rings (SSSR count). The minimum absolute atomic E-state index is 0.0516. The molecule has 1 atom stereocenters. The molecule has 3 heterocycles. The largest absolute Gasteiger partial charge is 0.472 e. The highest BCUT2D eigenvalue weighted by Gasteiger charge is 2.31. The second-order valence-corrected chi connectivity index (χ2v) is 5.03. The molecule has 0 aromatic carbocycles. The summed E-state index contributed by atoms with van der Waals surface area (Å²) in [6.45, 7) is 4.71. The molecule has 1 aliphatic heterocycles. The van der Waals surface area contributed by atoms with Crippen molar-refractivity contribution in [2.45, 2.75) is 26.4 Å². The van der Waals surface area contributed by atoms with Crippen LogP contribution in [0.4, 0.5) is 0 Å². The monoisotopic (exact) mass is 288 g/mol. The smallest absolute Gasteiger partial charge is 0.259 e. The molecule has 2 aromatic heterocycles. The van der Waals surface area contributed by atoms with Crippen molar-refractivity contribution in [1.82, 2.24) is 20.0 Å². The highest BCUT2D eigenvalue weighted by Crippen LogP contribution is 2.21. The molecule has 2 aromatic rings. The van der Waals surface area contributed by atoms with Crippen molar-refractivity contribution in [3.05, 3.63) is 35.6 Å². The van der Waals surface area contributed by atoms with Gasteiger partial charge in [0.05, 0.1) is 12.2 Å². The van der Waals surface area contributed by atoms with Crippen molar-refractivity contribution in [2.75, 3.05) is 13.1 Å². The second kappa shape index (κ2) is 5.51. The number of carbonyl (C=O) groups is 1. The molecule has 0 saturated carbocycles. The Hall–Kier alpha value is -2.44. The van der Waals surface area contributed by atoms with Crippen LogP contribution in [0.2, 0.25) is 0 Å². The molecule has 0 radical (unpaired) electrons. The Morgan fingerprint density at radius 3 is 3.00 bits per heavy atom. The lowest BCUT2D eigenvalue weighted by atomic mass is 10.2. The molecule has 0 spiro atoms. The van der Waals surface area contributed by atoms with Crippen LogP contribution in [0.3, 0.4) is 0 Å². The van der Waals surface area contributed by atoms with Crippen LogP contribution in [0.15, 0.2) is 23.1 Å². The fourth-order valence-corrected chi connectivity index (χ4v) is 2.47.